The molecule has 0 aliphatic rings. The number of rotatable bonds is 6. The lowest BCUT2D eigenvalue weighted by molar-refractivity contribution is 0.580. The van der Waals surface area contributed by atoms with Crippen LogP contribution in [0.1, 0.15) is 5.82 Å². The molecule has 5 aromatic rings. The molecule has 0 atom stereocenters. The highest BCUT2D eigenvalue weighted by atomic mass is 32.2. The average Bonchev–Trinajstić information content (AvgIpc) is 3.44. The normalized spacial score (nSPS) is 11.9. The summed E-state index contributed by atoms with van der Waals surface area (Å²) in [5.74, 6) is 0.556. The van der Waals surface area contributed by atoms with E-state index >= 15 is 0 Å². The van der Waals surface area contributed by atoms with Crippen LogP contribution in [0, 0.1) is 0 Å². The standard InChI is InChI=1S/C24H23N7O3S/c1-25-35(33,34)31(15-23-26-8-9-29(23)2)19-6-4-16-5-7-22-21(24(32)20(16)11-19)10-17(12-27-22)18-13-28-30(3)14-18/h4-14,25H,15H2,1-3H3. The van der Waals surface area contributed by atoms with Crippen molar-refractivity contribution >= 4 is 37.6 Å². The molecule has 0 saturated carbocycles. The van der Waals surface area contributed by atoms with Gasteiger partial charge in [0.1, 0.15) is 5.82 Å². The van der Waals surface area contributed by atoms with Gasteiger partial charge in [0.05, 0.1) is 23.9 Å². The van der Waals surface area contributed by atoms with Crippen LogP contribution in [0.2, 0.25) is 0 Å². The van der Waals surface area contributed by atoms with Gasteiger partial charge >= 0.3 is 10.2 Å². The number of hydrogen-bond acceptors (Lipinski definition) is 6. The Morgan fingerprint density at radius 2 is 1.80 bits per heavy atom. The minimum Gasteiger partial charge on any atom is -0.336 e. The van der Waals surface area contributed by atoms with Crippen LogP contribution in [-0.2, 0) is 30.8 Å². The van der Waals surface area contributed by atoms with Crippen LogP contribution in [-0.4, -0.2) is 39.8 Å². The summed E-state index contributed by atoms with van der Waals surface area (Å²) >= 11 is 0. The van der Waals surface area contributed by atoms with Gasteiger partial charge in [-0.1, -0.05) is 12.1 Å². The molecular formula is C24H23N7O3S. The quantitative estimate of drug-likeness (QED) is 0.392. The van der Waals surface area contributed by atoms with Crippen molar-refractivity contribution in [1.82, 2.24) is 29.0 Å². The summed E-state index contributed by atoms with van der Waals surface area (Å²) < 4.78 is 32.8. The first-order chi connectivity index (χ1) is 16.8. The van der Waals surface area contributed by atoms with E-state index in [0.29, 0.717) is 33.2 Å². The number of imidazole rings is 1. The van der Waals surface area contributed by atoms with Crippen molar-refractivity contribution in [3.05, 3.63) is 83.4 Å². The first-order valence-electron chi connectivity index (χ1n) is 10.8. The highest BCUT2D eigenvalue weighted by Crippen LogP contribution is 2.26. The van der Waals surface area contributed by atoms with Crippen molar-refractivity contribution in [3.8, 4) is 11.1 Å². The van der Waals surface area contributed by atoms with Crippen LogP contribution in [0.15, 0.2) is 72.2 Å². The second-order valence-electron chi connectivity index (χ2n) is 8.16. The molecule has 0 amide bonds. The van der Waals surface area contributed by atoms with E-state index in [1.165, 1.54) is 11.4 Å². The van der Waals surface area contributed by atoms with Crippen molar-refractivity contribution in [1.29, 1.82) is 0 Å². The van der Waals surface area contributed by atoms with Crippen LogP contribution >= 0.6 is 0 Å². The van der Waals surface area contributed by atoms with Crippen LogP contribution in [0.5, 0.6) is 0 Å². The van der Waals surface area contributed by atoms with Gasteiger partial charge in [-0.25, -0.2) is 9.71 Å². The Labute approximate surface area is 201 Å². The maximum absolute atomic E-state index is 13.7. The molecule has 0 spiro atoms. The second-order valence-corrected chi connectivity index (χ2v) is 9.96. The van der Waals surface area contributed by atoms with E-state index in [4.69, 9.17) is 0 Å². The van der Waals surface area contributed by atoms with Crippen LogP contribution in [0.3, 0.4) is 0 Å². The van der Waals surface area contributed by atoms with Gasteiger partial charge in [-0.3, -0.25) is 18.8 Å². The second kappa shape index (κ2) is 8.60. The van der Waals surface area contributed by atoms with Crippen molar-refractivity contribution in [2.75, 3.05) is 11.4 Å². The molecule has 11 heteroatoms. The summed E-state index contributed by atoms with van der Waals surface area (Å²) in [6.07, 6.45) is 8.63. The maximum atomic E-state index is 13.7. The molecule has 0 aliphatic heterocycles. The predicted octanol–water partition coefficient (Wildman–Crippen LogP) is 2.35. The number of nitrogens with one attached hydrogen (secondary N) is 1. The smallest absolute Gasteiger partial charge is 0.301 e. The van der Waals surface area contributed by atoms with Gasteiger partial charge in [-0.2, -0.15) is 13.5 Å². The lowest BCUT2D eigenvalue weighted by Gasteiger charge is -2.23. The zero-order chi connectivity index (χ0) is 24.7. The lowest BCUT2D eigenvalue weighted by atomic mass is 10.1. The Morgan fingerprint density at radius 3 is 2.49 bits per heavy atom. The number of aromatic nitrogens is 5. The molecule has 3 aromatic heterocycles. The van der Waals surface area contributed by atoms with Gasteiger partial charge in [0.2, 0.25) is 0 Å². The molecule has 0 fully saturated rings. The van der Waals surface area contributed by atoms with Gasteiger partial charge in [0.25, 0.3) is 0 Å². The third-order valence-corrected chi connectivity index (χ3v) is 7.38. The summed E-state index contributed by atoms with van der Waals surface area (Å²) in [4.78, 5) is 22.4. The van der Waals surface area contributed by atoms with Gasteiger partial charge in [0, 0.05) is 67.8 Å². The van der Waals surface area contributed by atoms with E-state index in [1.807, 2.05) is 19.3 Å². The Morgan fingerprint density at radius 1 is 1.00 bits per heavy atom. The molecule has 35 heavy (non-hydrogen) atoms. The van der Waals surface area contributed by atoms with Gasteiger partial charge in [-0.15, -0.1) is 0 Å². The van der Waals surface area contributed by atoms with Gasteiger partial charge in [-0.05, 0) is 29.7 Å². The molecule has 0 unspecified atom stereocenters. The molecule has 3 heterocycles. The third-order valence-electron chi connectivity index (χ3n) is 5.95. The first-order valence-corrected chi connectivity index (χ1v) is 12.2. The van der Waals surface area contributed by atoms with Crippen molar-refractivity contribution in [2.45, 2.75) is 6.54 Å². The third kappa shape index (κ3) is 4.15. The zero-order valence-corrected chi connectivity index (χ0v) is 20.2. The largest absolute Gasteiger partial charge is 0.336 e. The summed E-state index contributed by atoms with van der Waals surface area (Å²) in [6.45, 7) is -0.00120. The molecule has 2 aromatic carbocycles. The van der Waals surface area contributed by atoms with Crippen molar-refractivity contribution in [3.63, 3.8) is 0 Å². The summed E-state index contributed by atoms with van der Waals surface area (Å²) in [6, 6.07) is 10.4. The summed E-state index contributed by atoms with van der Waals surface area (Å²) in [5.41, 5.74) is 2.28. The number of fused-ring (bicyclic) bond motifs is 2. The number of pyridine rings is 1. The fraction of sp³-hybridized carbons (Fsp3) is 0.167. The van der Waals surface area contributed by atoms with E-state index in [1.54, 1.807) is 71.4 Å². The number of nitrogens with zero attached hydrogens (tertiary/aromatic N) is 6. The van der Waals surface area contributed by atoms with Crippen LogP contribution in [0.25, 0.3) is 32.8 Å². The number of aryl methyl sites for hydroxylation is 2. The van der Waals surface area contributed by atoms with E-state index in [2.05, 4.69) is 19.8 Å². The number of hydrogen-bond donors (Lipinski definition) is 1. The lowest BCUT2D eigenvalue weighted by Crippen LogP contribution is -2.39. The Bertz CT molecular complexity index is 1740. The monoisotopic (exact) mass is 489 g/mol. The maximum Gasteiger partial charge on any atom is 0.301 e. The van der Waals surface area contributed by atoms with Crippen LogP contribution < -0.4 is 14.5 Å². The molecule has 178 valence electrons. The summed E-state index contributed by atoms with van der Waals surface area (Å²) in [5, 5.41) is 5.69. The number of anilines is 1. The molecule has 1 N–H and O–H groups in total. The SMILES string of the molecule is CNS(=O)(=O)N(Cc1nccn1C)c1ccc2ccc3ncc(-c4cnn(C)c4)cc3c(=O)c2c1. The highest BCUT2D eigenvalue weighted by molar-refractivity contribution is 7.90. The minimum absolute atomic E-state index is 0.00120. The minimum atomic E-state index is -3.88. The van der Waals surface area contributed by atoms with Crippen molar-refractivity contribution < 1.29 is 8.42 Å². The summed E-state index contributed by atoms with van der Waals surface area (Å²) in [7, 11) is 1.08. The van der Waals surface area contributed by atoms with E-state index in [0.717, 1.165) is 11.1 Å². The zero-order valence-electron chi connectivity index (χ0n) is 19.4. The van der Waals surface area contributed by atoms with E-state index in [9.17, 15) is 13.2 Å². The molecule has 5 rings (SSSR count). The highest BCUT2D eigenvalue weighted by Gasteiger charge is 2.23. The molecule has 0 aliphatic carbocycles. The van der Waals surface area contributed by atoms with E-state index < -0.39 is 10.2 Å². The van der Waals surface area contributed by atoms with Crippen molar-refractivity contribution in [2.24, 2.45) is 14.1 Å². The molecular weight excluding hydrogens is 466 g/mol. The average molecular weight is 490 g/mol. The van der Waals surface area contributed by atoms with Gasteiger partial charge < -0.3 is 4.57 Å². The number of benzene rings is 1. The van der Waals surface area contributed by atoms with Crippen LogP contribution in [0.4, 0.5) is 5.69 Å². The Hall–Kier alpha value is -4.09. The Kier molecular flexibility index (Phi) is 5.58. The molecule has 0 bridgehead atoms. The van der Waals surface area contributed by atoms with Gasteiger partial charge in [0.15, 0.2) is 5.43 Å². The topological polar surface area (TPSA) is 115 Å². The molecule has 0 radical (unpaired) electrons. The Balaban J connectivity index is 1.71. The first kappa shape index (κ1) is 22.7. The predicted molar refractivity (Wildman–Crippen MR) is 135 cm³/mol. The molecule has 10 nitrogen and oxygen atoms in total. The molecule has 0 saturated heterocycles. The fourth-order valence-electron chi connectivity index (χ4n) is 3.98. The van der Waals surface area contributed by atoms with E-state index in [-0.39, 0.29) is 12.0 Å². The fourth-order valence-corrected chi connectivity index (χ4v) is 4.87.